The lowest BCUT2D eigenvalue weighted by atomic mass is 10.1. The Bertz CT molecular complexity index is 1280. The lowest BCUT2D eigenvalue weighted by Crippen LogP contribution is -2.39. The first-order chi connectivity index (χ1) is 15.0. The van der Waals surface area contributed by atoms with Gasteiger partial charge in [0.05, 0.1) is 23.6 Å². The summed E-state index contributed by atoms with van der Waals surface area (Å²) in [7, 11) is 0. The molecule has 1 aliphatic heterocycles. The van der Waals surface area contributed by atoms with Crippen LogP contribution >= 0.6 is 0 Å². The van der Waals surface area contributed by atoms with E-state index in [-0.39, 0.29) is 34.7 Å². The number of aryl methyl sites for hydroxylation is 1. The summed E-state index contributed by atoms with van der Waals surface area (Å²) in [4.78, 5) is 31.1. The van der Waals surface area contributed by atoms with E-state index in [1.807, 2.05) is 13.0 Å². The second-order valence-corrected chi connectivity index (χ2v) is 8.70. The number of nitrogens with zero attached hydrogens (tertiary/aromatic N) is 3. The average Bonchev–Trinajstić information content (AvgIpc) is 3.45. The second kappa shape index (κ2) is 7.92. The van der Waals surface area contributed by atoms with Crippen LogP contribution < -0.4 is 16.4 Å². The number of hydrogen-bond acceptors (Lipinski definition) is 5. The quantitative estimate of drug-likeness (QED) is 0.631. The van der Waals surface area contributed by atoms with Crippen LogP contribution in [0.15, 0.2) is 29.2 Å². The molecule has 5 rings (SSSR count). The summed E-state index contributed by atoms with van der Waals surface area (Å²) in [6, 6.07) is 5.38. The Hall–Kier alpha value is -3.00. The third-order valence-electron chi connectivity index (χ3n) is 6.40. The Morgan fingerprint density at radius 2 is 2.06 bits per heavy atom. The summed E-state index contributed by atoms with van der Waals surface area (Å²) in [5.41, 5.74) is 1.93. The van der Waals surface area contributed by atoms with Gasteiger partial charge in [0.2, 0.25) is 0 Å². The van der Waals surface area contributed by atoms with Crippen LogP contribution in [0.1, 0.15) is 54.4 Å². The Kier molecular flexibility index (Phi) is 5.09. The molecule has 1 saturated carbocycles. The Morgan fingerprint density at radius 1 is 1.26 bits per heavy atom. The molecule has 0 bridgehead atoms. The lowest BCUT2D eigenvalue weighted by molar-refractivity contribution is 0.0921. The molecule has 162 valence electrons. The zero-order chi connectivity index (χ0) is 21.5. The van der Waals surface area contributed by atoms with Crippen molar-refractivity contribution < 1.29 is 9.53 Å². The summed E-state index contributed by atoms with van der Waals surface area (Å²) in [5, 5.41) is 12.2. The number of amides is 1. The molecule has 2 N–H and O–H groups in total. The van der Waals surface area contributed by atoms with Gasteiger partial charge in [-0.25, -0.2) is 4.98 Å². The summed E-state index contributed by atoms with van der Waals surface area (Å²) < 4.78 is 8.97. The van der Waals surface area contributed by atoms with Crippen molar-refractivity contribution in [3.63, 3.8) is 0 Å². The minimum atomic E-state index is -0.298. The Labute approximate surface area is 179 Å². The number of hydrogen-bond donors (Lipinski definition) is 2. The Morgan fingerprint density at radius 3 is 2.81 bits per heavy atom. The van der Waals surface area contributed by atoms with Gasteiger partial charge in [0, 0.05) is 18.8 Å². The van der Waals surface area contributed by atoms with Crippen molar-refractivity contribution in [2.24, 2.45) is 0 Å². The van der Waals surface area contributed by atoms with Crippen molar-refractivity contribution in [1.29, 1.82) is 5.41 Å². The van der Waals surface area contributed by atoms with Gasteiger partial charge in [0.1, 0.15) is 16.8 Å². The average molecular weight is 422 g/mol. The highest BCUT2D eigenvalue weighted by Gasteiger charge is 2.24. The van der Waals surface area contributed by atoms with Crippen molar-refractivity contribution in [3.05, 3.63) is 51.4 Å². The predicted octanol–water partition coefficient (Wildman–Crippen LogP) is 2.29. The van der Waals surface area contributed by atoms with E-state index in [0.717, 1.165) is 44.1 Å². The largest absolute Gasteiger partial charge is 0.376 e. The van der Waals surface area contributed by atoms with Gasteiger partial charge < -0.3 is 14.6 Å². The molecule has 4 heterocycles. The summed E-state index contributed by atoms with van der Waals surface area (Å²) in [5.74, 6) is -0.298. The maximum Gasteiger partial charge on any atom is 0.267 e. The highest BCUT2D eigenvalue weighted by molar-refractivity contribution is 5.97. The van der Waals surface area contributed by atoms with E-state index in [1.165, 1.54) is 10.5 Å². The SMILES string of the molecule is Cc1ccc2nc3c(cc(C(=O)NC4CCCC4)c(=N)n3C[C@@H]3CCCO3)c(=O)n2c1. The van der Waals surface area contributed by atoms with E-state index in [1.54, 1.807) is 16.8 Å². The minimum Gasteiger partial charge on any atom is -0.376 e. The molecule has 2 aliphatic rings. The summed E-state index contributed by atoms with van der Waals surface area (Å²) in [6.07, 6.45) is 7.67. The molecule has 0 spiro atoms. The maximum absolute atomic E-state index is 13.3. The fraction of sp³-hybridized carbons (Fsp3) is 0.478. The van der Waals surface area contributed by atoms with Crippen LogP contribution in [-0.2, 0) is 11.3 Å². The van der Waals surface area contributed by atoms with Gasteiger partial charge >= 0.3 is 0 Å². The number of rotatable bonds is 4. The number of carbonyl (C=O) groups is 1. The van der Waals surface area contributed by atoms with Crippen LogP contribution in [0.2, 0.25) is 0 Å². The number of pyridine rings is 2. The van der Waals surface area contributed by atoms with Gasteiger partial charge in [-0.3, -0.25) is 19.4 Å². The Balaban J connectivity index is 1.71. The van der Waals surface area contributed by atoms with Crippen LogP contribution in [0.3, 0.4) is 0 Å². The molecular formula is C23H27N5O3. The normalized spacial score (nSPS) is 19.5. The second-order valence-electron chi connectivity index (χ2n) is 8.70. The van der Waals surface area contributed by atoms with E-state index in [9.17, 15) is 9.59 Å². The zero-order valence-corrected chi connectivity index (χ0v) is 17.7. The van der Waals surface area contributed by atoms with Crippen molar-refractivity contribution in [3.8, 4) is 0 Å². The number of ether oxygens (including phenoxy) is 1. The first kappa shape index (κ1) is 19.9. The first-order valence-electron chi connectivity index (χ1n) is 11.0. The molecule has 1 amide bonds. The van der Waals surface area contributed by atoms with Gasteiger partial charge in [0.25, 0.3) is 11.5 Å². The smallest absolute Gasteiger partial charge is 0.267 e. The molecule has 2 fully saturated rings. The van der Waals surface area contributed by atoms with Crippen LogP contribution in [0.25, 0.3) is 16.7 Å². The topological polar surface area (TPSA) is 101 Å². The van der Waals surface area contributed by atoms with Gasteiger partial charge in [-0.2, -0.15) is 0 Å². The van der Waals surface area contributed by atoms with E-state index in [0.29, 0.717) is 29.8 Å². The van der Waals surface area contributed by atoms with Crippen LogP contribution in [0, 0.1) is 12.3 Å². The van der Waals surface area contributed by atoms with E-state index in [2.05, 4.69) is 5.32 Å². The van der Waals surface area contributed by atoms with Gasteiger partial charge in [0.15, 0.2) is 0 Å². The number of fused-ring (bicyclic) bond motifs is 2. The monoisotopic (exact) mass is 421 g/mol. The first-order valence-corrected chi connectivity index (χ1v) is 11.0. The molecule has 0 unspecified atom stereocenters. The lowest BCUT2D eigenvalue weighted by Gasteiger charge is -2.18. The van der Waals surface area contributed by atoms with Gasteiger partial charge in [-0.05, 0) is 50.3 Å². The van der Waals surface area contributed by atoms with Gasteiger partial charge in [-0.15, -0.1) is 0 Å². The fourth-order valence-corrected chi connectivity index (χ4v) is 4.72. The molecule has 1 aliphatic carbocycles. The van der Waals surface area contributed by atoms with E-state index in [4.69, 9.17) is 15.1 Å². The number of carbonyl (C=O) groups excluding carboxylic acids is 1. The molecule has 3 aromatic heterocycles. The van der Waals surface area contributed by atoms with Crippen LogP contribution in [0.4, 0.5) is 0 Å². The van der Waals surface area contributed by atoms with Crippen molar-refractivity contribution >= 4 is 22.6 Å². The maximum atomic E-state index is 13.3. The van der Waals surface area contributed by atoms with Gasteiger partial charge in [-0.1, -0.05) is 18.9 Å². The standard InChI is InChI=1S/C23H27N5O3/c1-14-8-9-19-26-21-18(23(30)27(19)12-14)11-17(22(29)25-15-5-2-3-6-15)20(24)28(21)13-16-7-4-10-31-16/h8-9,11-12,15-16,24H,2-7,10,13H2,1H3,(H,25,29)/t16-/m0/s1. The van der Waals surface area contributed by atoms with Crippen LogP contribution in [0.5, 0.6) is 0 Å². The number of nitrogens with one attached hydrogen (secondary N) is 2. The third-order valence-corrected chi connectivity index (χ3v) is 6.40. The van der Waals surface area contributed by atoms with Crippen molar-refractivity contribution in [1.82, 2.24) is 19.3 Å². The van der Waals surface area contributed by atoms with Crippen molar-refractivity contribution in [2.45, 2.75) is 64.1 Å². The van der Waals surface area contributed by atoms with Crippen molar-refractivity contribution in [2.75, 3.05) is 6.61 Å². The molecule has 0 aromatic carbocycles. The summed E-state index contributed by atoms with van der Waals surface area (Å²) in [6.45, 7) is 3.01. The molecule has 1 saturated heterocycles. The molecule has 8 nitrogen and oxygen atoms in total. The van der Waals surface area contributed by atoms with Crippen LogP contribution in [-0.4, -0.2) is 38.6 Å². The minimum absolute atomic E-state index is 0.0521. The highest BCUT2D eigenvalue weighted by Crippen LogP contribution is 2.19. The molecule has 8 heteroatoms. The zero-order valence-electron chi connectivity index (χ0n) is 17.7. The third kappa shape index (κ3) is 3.65. The molecule has 1 atom stereocenters. The van der Waals surface area contributed by atoms with E-state index >= 15 is 0 Å². The predicted molar refractivity (Wildman–Crippen MR) is 116 cm³/mol. The molecule has 0 radical (unpaired) electrons. The number of aromatic nitrogens is 3. The molecular weight excluding hydrogens is 394 g/mol. The fourth-order valence-electron chi connectivity index (χ4n) is 4.72. The highest BCUT2D eigenvalue weighted by atomic mass is 16.5. The molecule has 31 heavy (non-hydrogen) atoms. The van der Waals surface area contributed by atoms with E-state index < -0.39 is 0 Å². The summed E-state index contributed by atoms with van der Waals surface area (Å²) >= 11 is 0. The molecule has 3 aromatic rings.